The minimum absolute atomic E-state index is 0.0976. The first kappa shape index (κ1) is 70.1. The molecule has 0 amide bonds. The maximum Gasteiger partial charge on any atom is 0.310 e. The van der Waals surface area contributed by atoms with E-state index in [2.05, 4.69) is 118 Å². The molecule has 0 radical (unpaired) electrons. The molecule has 6 heteroatoms. The highest BCUT2D eigenvalue weighted by Crippen LogP contribution is 2.16. The molecule has 422 valence electrons. The number of esters is 3. The van der Waals surface area contributed by atoms with Crippen molar-refractivity contribution in [2.24, 2.45) is 0 Å². The highest BCUT2D eigenvalue weighted by molar-refractivity contribution is 5.72. The summed E-state index contributed by atoms with van der Waals surface area (Å²) in [5.41, 5.74) is 0. The monoisotopic (exact) mass is 1030 g/mol. The molecular formula is C68H114O6. The molecule has 0 aliphatic rings. The van der Waals surface area contributed by atoms with Crippen LogP contribution in [0.1, 0.15) is 284 Å². The van der Waals surface area contributed by atoms with E-state index in [1.165, 1.54) is 148 Å². The van der Waals surface area contributed by atoms with Crippen molar-refractivity contribution < 1.29 is 28.6 Å². The van der Waals surface area contributed by atoms with Gasteiger partial charge in [-0.1, -0.05) is 291 Å². The van der Waals surface area contributed by atoms with Gasteiger partial charge in [-0.2, -0.15) is 0 Å². The Bertz CT molecular complexity index is 1510. The molecule has 0 N–H and O–H groups in total. The van der Waals surface area contributed by atoms with Gasteiger partial charge in [-0.15, -0.1) is 0 Å². The van der Waals surface area contributed by atoms with E-state index in [-0.39, 0.29) is 31.6 Å². The highest BCUT2D eigenvalue weighted by Gasteiger charge is 2.19. The van der Waals surface area contributed by atoms with Crippen molar-refractivity contribution in [3.05, 3.63) is 109 Å². The maximum absolute atomic E-state index is 12.8. The van der Waals surface area contributed by atoms with Gasteiger partial charge in [0.15, 0.2) is 6.10 Å². The third-order valence-electron chi connectivity index (χ3n) is 13.1. The number of unbranched alkanes of at least 4 members (excludes halogenated alkanes) is 27. The summed E-state index contributed by atoms with van der Waals surface area (Å²) in [4.78, 5) is 38.0. The Balaban J connectivity index is 4.18. The molecular weight excluding hydrogens is 913 g/mol. The SMILES string of the molecule is CC/C=C\C/C=C\C/C=C\C/C=C\C/C=C\CC(=O)OC(COC(=O)CCCCCCCCCCCC)COC(=O)CCCCCCCCCCCCCCCCCCCC/C=C\C/C=C\C/C=C\C/C=C\CC. The smallest absolute Gasteiger partial charge is 0.310 e. The van der Waals surface area contributed by atoms with Gasteiger partial charge in [0.25, 0.3) is 0 Å². The van der Waals surface area contributed by atoms with Crippen LogP contribution in [0.4, 0.5) is 0 Å². The molecule has 1 unspecified atom stereocenters. The van der Waals surface area contributed by atoms with Crippen LogP contribution in [0, 0.1) is 0 Å². The molecule has 0 aromatic rings. The Hall–Kier alpha value is -3.93. The lowest BCUT2D eigenvalue weighted by atomic mass is 10.0. The normalized spacial score (nSPS) is 12.9. The fourth-order valence-electron chi connectivity index (χ4n) is 8.51. The van der Waals surface area contributed by atoms with Gasteiger partial charge in [0, 0.05) is 12.8 Å². The average molecular weight is 1030 g/mol. The van der Waals surface area contributed by atoms with Crippen LogP contribution in [0.2, 0.25) is 0 Å². The molecule has 0 aromatic carbocycles. The number of allylic oxidation sites excluding steroid dienone is 17. The predicted octanol–water partition coefficient (Wildman–Crippen LogP) is 21.0. The summed E-state index contributed by atoms with van der Waals surface area (Å²) in [7, 11) is 0. The first-order valence-electron chi connectivity index (χ1n) is 30.9. The van der Waals surface area contributed by atoms with Crippen LogP contribution < -0.4 is 0 Å². The van der Waals surface area contributed by atoms with Crippen molar-refractivity contribution in [3.8, 4) is 0 Å². The number of carbonyl (C=O) groups is 3. The number of hydrogen-bond donors (Lipinski definition) is 0. The molecule has 0 spiro atoms. The van der Waals surface area contributed by atoms with Gasteiger partial charge in [0.1, 0.15) is 13.2 Å². The summed E-state index contributed by atoms with van der Waals surface area (Å²) < 4.78 is 16.7. The van der Waals surface area contributed by atoms with E-state index in [0.717, 1.165) is 96.3 Å². The standard InChI is InChI=1S/C68H114O6/c1-4-7-10-13-16-19-22-24-26-27-28-29-30-31-32-33-34-35-36-37-38-39-40-41-43-44-46-49-52-55-58-61-67(70)73-64-65(63-72-66(69)60-57-54-51-48-21-18-15-12-9-6-3)74-68(71)62-59-56-53-50-47-45-42-25-23-20-17-14-11-8-5-2/h7-8,10-11,16-17,19-20,24-26,28-29,42,47,50,56,59,65H,4-6,9,12-15,18,21-23,27,30-41,43-46,48-49,51-55,57-58,60-64H2,1-3H3/b10-7-,11-8-,19-16-,20-17-,26-24-,29-28-,42-25-,50-47-,59-56-. The number of ether oxygens (including phenoxy) is 3. The second-order valence-corrected chi connectivity index (χ2v) is 20.2. The first-order valence-corrected chi connectivity index (χ1v) is 30.9. The van der Waals surface area contributed by atoms with Crippen LogP contribution in [0.15, 0.2) is 109 Å². The van der Waals surface area contributed by atoms with Gasteiger partial charge in [-0.3, -0.25) is 14.4 Å². The molecule has 6 nitrogen and oxygen atoms in total. The molecule has 0 fully saturated rings. The summed E-state index contributed by atoms with van der Waals surface area (Å²) in [6.07, 6.45) is 84.3. The Morgan fingerprint density at radius 1 is 0.297 bits per heavy atom. The van der Waals surface area contributed by atoms with Crippen molar-refractivity contribution >= 4 is 17.9 Å². The van der Waals surface area contributed by atoms with E-state index in [1.54, 1.807) is 6.08 Å². The third kappa shape index (κ3) is 59.0. The van der Waals surface area contributed by atoms with E-state index in [9.17, 15) is 14.4 Å². The zero-order valence-electron chi connectivity index (χ0n) is 48.3. The fourth-order valence-corrected chi connectivity index (χ4v) is 8.51. The van der Waals surface area contributed by atoms with Gasteiger partial charge in [0.05, 0.1) is 6.42 Å². The predicted molar refractivity (Wildman–Crippen MR) is 320 cm³/mol. The van der Waals surface area contributed by atoms with Gasteiger partial charge < -0.3 is 14.2 Å². The molecule has 0 bridgehead atoms. The lowest BCUT2D eigenvalue weighted by molar-refractivity contribution is -0.166. The highest BCUT2D eigenvalue weighted by atomic mass is 16.6. The Morgan fingerprint density at radius 2 is 0.568 bits per heavy atom. The van der Waals surface area contributed by atoms with Crippen LogP contribution in [0.5, 0.6) is 0 Å². The topological polar surface area (TPSA) is 78.9 Å². The molecule has 0 heterocycles. The second kappa shape index (κ2) is 61.6. The molecule has 1 atom stereocenters. The molecule has 0 rings (SSSR count). The molecule has 0 saturated carbocycles. The molecule has 0 saturated heterocycles. The average Bonchev–Trinajstić information content (AvgIpc) is 3.40. The molecule has 74 heavy (non-hydrogen) atoms. The van der Waals surface area contributed by atoms with Gasteiger partial charge in [-0.25, -0.2) is 0 Å². The van der Waals surface area contributed by atoms with E-state index in [1.807, 2.05) is 6.08 Å². The molecule has 0 aliphatic carbocycles. The summed E-state index contributed by atoms with van der Waals surface area (Å²) in [6.45, 7) is 6.33. The summed E-state index contributed by atoms with van der Waals surface area (Å²) in [5.74, 6) is -1.04. The minimum atomic E-state index is -0.829. The first-order chi connectivity index (χ1) is 36.5. The van der Waals surface area contributed by atoms with Crippen molar-refractivity contribution in [2.45, 2.75) is 290 Å². The van der Waals surface area contributed by atoms with E-state index in [0.29, 0.717) is 12.8 Å². The van der Waals surface area contributed by atoms with Crippen molar-refractivity contribution in [3.63, 3.8) is 0 Å². The lowest BCUT2D eigenvalue weighted by Gasteiger charge is -2.18. The zero-order valence-corrected chi connectivity index (χ0v) is 48.3. The molecule has 0 aliphatic heterocycles. The van der Waals surface area contributed by atoms with Crippen LogP contribution in [0.25, 0.3) is 0 Å². The largest absolute Gasteiger partial charge is 0.462 e. The van der Waals surface area contributed by atoms with Crippen LogP contribution in [-0.4, -0.2) is 37.2 Å². The number of carbonyl (C=O) groups excluding carboxylic acids is 3. The van der Waals surface area contributed by atoms with Gasteiger partial charge >= 0.3 is 17.9 Å². The van der Waals surface area contributed by atoms with Crippen LogP contribution in [0.3, 0.4) is 0 Å². The number of rotatable bonds is 55. The quantitative estimate of drug-likeness (QED) is 0.0261. The van der Waals surface area contributed by atoms with E-state index >= 15 is 0 Å². The second-order valence-electron chi connectivity index (χ2n) is 20.2. The fraction of sp³-hybridized carbons (Fsp3) is 0.691. The summed E-state index contributed by atoms with van der Waals surface area (Å²) >= 11 is 0. The number of hydrogen-bond acceptors (Lipinski definition) is 6. The van der Waals surface area contributed by atoms with E-state index < -0.39 is 12.1 Å². The summed E-state index contributed by atoms with van der Waals surface area (Å²) in [5, 5.41) is 0. The summed E-state index contributed by atoms with van der Waals surface area (Å²) in [6, 6.07) is 0. The van der Waals surface area contributed by atoms with Crippen molar-refractivity contribution in [1.82, 2.24) is 0 Å². The molecule has 0 aromatic heterocycles. The Kier molecular flexibility index (Phi) is 58.3. The third-order valence-corrected chi connectivity index (χ3v) is 13.1. The lowest BCUT2D eigenvalue weighted by Crippen LogP contribution is -2.30. The van der Waals surface area contributed by atoms with Crippen molar-refractivity contribution in [2.75, 3.05) is 13.2 Å². The Labute approximate surface area is 457 Å². The van der Waals surface area contributed by atoms with Crippen LogP contribution >= 0.6 is 0 Å². The van der Waals surface area contributed by atoms with Crippen LogP contribution in [-0.2, 0) is 28.6 Å². The zero-order chi connectivity index (χ0) is 53.6. The minimum Gasteiger partial charge on any atom is -0.462 e. The van der Waals surface area contributed by atoms with Gasteiger partial charge in [0.2, 0.25) is 0 Å². The van der Waals surface area contributed by atoms with Gasteiger partial charge in [-0.05, 0) is 83.5 Å². The van der Waals surface area contributed by atoms with Crippen molar-refractivity contribution in [1.29, 1.82) is 0 Å². The maximum atomic E-state index is 12.8. The Morgan fingerprint density at radius 3 is 0.892 bits per heavy atom. The van der Waals surface area contributed by atoms with E-state index in [4.69, 9.17) is 14.2 Å².